The number of anilines is 2. The van der Waals surface area contributed by atoms with Crippen LogP contribution in [0.5, 0.6) is 0 Å². The van der Waals surface area contributed by atoms with E-state index in [2.05, 4.69) is 10.3 Å². The molecular weight excluding hydrogens is 453 g/mol. The lowest BCUT2D eigenvalue weighted by molar-refractivity contribution is 0.100. The molecule has 5 rings (SSSR count). The van der Waals surface area contributed by atoms with E-state index in [9.17, 15) is 9.18 Å². The highest BCUT2D eigenvalue weighted by Crippen LogP contribution is 2.31. The molecule has 0 atom stereocenters. The summed E-state index contributed by atoms with van der Waals surface area (Å²) in [5, 5.41) is 4.01. The van der Waals surface area contributed by atoms with Gasteiger partial charge in [-0.3, -0.25) is 9.78 Å². The Bertz CT molecular complexity index is 1520. The third-order valence-electron chi connectivity index (χ3n) is 5.30. The molecule has 3 N–H and O–H groups in total. The number of primary amides is 1. The summed E-state index contributed by atoms with van der Waals surface area (Å²) in [7, 11) is 0. The molecule has 34 heavy (non-hydrogen) atoms. The first kappa shape index (κ1) is 21.5. The number of halogens is 2. The van der Waals surface area contributed by atoms with Crippen molar-refractivity contribution in [1.29, 1.82) is 0 Å². The van der Waals surface area contributed by atoms with Crippen molar-refractivity contribution in [3.05, 3.63) is 102 Å². The van der Waals surface area contributed by atoms with E-state index in [-0.39, 0.29) is 5.02 Å². The van der Waals surface area contributed by atoms with Crippen molar-refractivity contribution in [2.45, 2.75) is 0 Å². The average Bonchev–Trinajstić information content (AvgIpc) is 2.86. The second-order valence-corrected chi connectivity index (χ2v) is 7.97. The summed E-state index contributed by atoms with van der Waals surface area (Å²) in [4.78, 5) is 25.0. The molecule has 0 saturated heterocycles. The fourth-order valence-electron chi connectivity index (χ4n) is 3.57. The molecule has 0 spiro atoms. The first-order valence-electron chi connectivity index (χ1n) is 10.3. The highest BCUT2D eigenvalue weighted by Gasteiger charge is 2.13. The van der Waals surface area contributed by atoms with E-state index in [1.807, 2.05) is 42.5 Å². The van der Waals surface area contributed by atoms with E-state index >= 15 is 0 Å². The summed E-state index contributed by atoms with van der Waals surface area (Å²) in [6.07, 6.45) is 3.37. The number of pyridine rings is 1. The van der Waals surface area contributed by atoms with E-state index in [1.54, 1.807) is 30.6 Å². The zero-order valence-corrected chi connectivity index (χ0v) is 18.4. The second kappa shape index (κ2) is 8.88. The van der Waals surface area contributed by atoms with Gasteiger partial charge in [0.1, 0.15) is 11.6 Å². The Kier molecular flexibility index (Phi) is 5.61. The highest BCUT2D eigenvalue weighted by atomic mass is 35.5. The minimum absolute atomic E-state index is 0.0116. The molecule has 2 heterocycles. The first-order valence-corrected chi connectivity index (χ1v) is 10.7. The van der Waals surface area contributed by atoms with Gasteiger partial charge in [0.15, 0.2) is 5.82 Å². The molecule has 166 valence electrons. The topological polar surface area (TPSA) is 93.8 Å². The van der Waals surface area contributed by atoms with Crippen LogP contribution in [0.25, 0.3) is 33.4 Å². The molecule has 5 aromatic rings. The van der Waals surface area contributed by atoms with Gasteiger partial charge in [0.2, 0.25) is 5.91 Å². The molecule has 0 aliphatic carbocycles. The van der Waals surface area contributed by atoms with Crippen molar-refractivity contribution in [2.75, 3.05) is 5.32 Å². The lowest BCUT2D eigenvalue weighted by Gasteiger charge is -2.13. The quantitative estimate of drug-likeness (QED) is 0.329. The van der Waals surface area contributed by atoms with Gasteiger partial charge < -0.3 is 11.1 Å². The Balaban J connectivity index is 1.63. The molecule has 2 aromatic heterocycles. The average molecular weight is 470 g/mol. The van der Waals surface area contributed by atoms with Crippen molar-refractivity contribution in [3.8, 4) is 22.5 Å². The fourth-order valence-corrected chi connectivity index (χ4v) is 3.75. The number of aromatic nitrogens is 3. The maximum Gasteiger partial charge on any atom is 0.248 e. The third kappa shape index (κ3) is 4.29. The number of benzene rings is 3. The summed E-state index contributed by atoms with van der Waals surface area (Å²) < 4.78 is 13.6. The SMILES string of the molecule is NC(=O)c1ccc(-c2ccc3c(Nc4ccc(F)c(Cl)c4)nc(-c4cccnc4)nc3c2)cc1. The van der Waals surface area contributed by atoms with Crippen molar-refractivity contribution >= 4 is 39.9 Å². The number of amides is 1. The highest BCUT2D eigenvalue weighted by molar-refractivity contribution is 6.31. The molecule has 0 fully saturated rings. The smallest absolute Gasteiger partial charge is 0.248 e. The number of hydrogen-bond donors (Lipinski definition) is 2. The van der Waals surface area contributed by atoms with Gasteiger partial charge >= 0.3 is 0 Å². The van der Waals surface area contributed by atoms with Gasteiger partial charge in [0.05, 0.1) is 10.5 Å². The standard InChI is InChI=1S/C26H17ClFN5O/c27-21-13-19(8-10-22(21)28)31-26-20-9-7-17(15-3-5-16(6-4-15)24(29)34)12-23(20)32-25(33-26)18-2-1-11-30-14-18/h1-14H,(H2,29,34)(H,31,32,33). The molecule has 0 bridgehead atoms. The monoisotopic (exact) mass is 469 g/mol. The summed E-state index contributed by atoms with van der Waals surface area (Å²) in [6, 6.07) is 20.9. The van der Waals surface area contributed by atoms with Gasteiger partial charge in [-0.25, -0.2) is 14.4 Å². The van der Waals surface area contributed by atoms with Crippen molar-refractivity contribution in [1.82, 2.24) is 15.0 Å². The van der Waals surface area contributed by atoms with Crippen LogP contribution in [0.15, 0.2) is 85.2 Å². The Morgan fingerprint density at radius 2 is 1.71 bits per heavy atom. The van der Waals surface area contributed by atoms with E-state index in [0.29, 0.717) is 28.4 Å². The van der Waals surface area contributed by atoms with Crippen LogP contribution in [0, 0.1) is 5.82 Å². The number of rotatable bonds is 5. The van der Waals surface area contributed by atoms with Crippen LogP contribution in [-0.2, 0) is 0 Å². The molecule has 0 aliphatic heterocycles. The molecule has 0 unspecified atom stereocenters. The molecule has 0 aliphatic rings. The summed E-state index contributed by atoms with van der Waals surface area (Å²) >= 11 is 5.96. The van der Waals surface area contributed by atoms with Crippen molar-refractivity contribution in [2.24, 2.45) is 5.73 Å². The van der Waals surface area contributed by atoms with Gasteiger partial charge in [0.25, 0.3) is 0 Å². The Morgan fingerprint density at radius 3 is 2.41 bits per heavy atom. The molecule has 3 aromatic carbocycles. The van der Waals surface area contributed by atoms with Crippen LogP contribution in [0.4, 0.5) is 15.9 Å². The maximum absolute atomic E-state index is 13.6. The largest absolute Gasteiger partial charge is 0.366 e. The Hall–Kier alpha value is -4.36. The Labute approximate surface area is 199 Å². The zero-order valence-electron chi connectivity index (χ0n) is 17.7. The summed E-state index contributed by atoms with van der Waals surface area (Å²) in [6.45, 7) is 0. The number of nitrogens with zero attached hydrogens (tertiary/aromatic N) is 3. The van der Waals surface area contributed by atoms with Crippen molar-refractivity contribution in [3.63, 3.8) is 0 Å². The summed E-state index contributed by atoms with van der Waals surface area (Å²) in [5.41, 5.74) is 9.65. The van der Waals surface area contributed by atoms with Crippen LogP contribution in [0.3, 0.4) is 0 Å². The third-order valence-corrected chi connectivity index (χ3v) is 5.59. The maximum atomic E-state index is 13.6. The van der Waals surface area contributed by atoms with Crippen LogP contribution in [0.1, 0.15) is 10.4 Å². The fraction of sp³-hybridized carbons (Fsp3) is 0. The van der Waals surface area contributed by atoms with Gasteiger partial charge in [-0.05, 0) is 65.7 Å². The van der Waals surface area contributed by atoms with Crippen LogP contribution < -0.4 is 11.1 Å². The number of nitrogens with one attached hydrogen (secondary N) is 1. The normalized spacial score (nSPS) is 10.9. The molecule has 6 nitrogen and oxygen atoms in total. The lowest BCUT2D eigenvalue weighted by atomic mass is 10.0. The van der Waals surface area contributed by atoms with E-state index in [1.165, 1.54) is 12.1 Å². The van der Waals surface area contributed by atoms with E-state index in [4.69, 9.17) is 27.3 Å². The number of carbonyl (C=O) groups excluding carboxylic acids is 1. The number of carbonyl (C=O) groups is 1. The Morgan fingerprint density at radius 1 is 0.912 bits per heavy atom. The predicted octanol–water partition coefficient (Wildman–Crippen LogP) is 5.99. The molecular formula is C26H17ClFN5O. The molecule has 0 radical (unpaired) electrons. The van der Waals surface area contributed by atoms with Gasteiger partial charge in [-0.2, -0.15) is 0 Å². The summed E-state index contributed by atoms with van der Waals surface area (Å²) in [5.74, 6) is 0.0537. The predicted molar refractivity (Wildman–Crippen MR) is 131 cm³/mol. The van der Waals surface area contributed by atoms with Crippen LogP contribution in [0.2, 0.25) is 5.02 Å². The number of hydrogen-bond acceptors (Lipinski definition) is 5. The van der Waals surface area contributed by atoms with E-state index in [0.717, 1.165) is 22.1 Å². The number of nitrogens with two attached hydrogens (primary N) is 1. The molecule has 8 heteroatoms. The van der Waals surface area contributed by atoms with Crippen LogP contribution >= 0.6 is 11.6 Å². The molecule has 1 amide bonds. The molecule has 0 saturated carbocycles. The number of fused-ring (bicyclic) bond motifs is 1. The van der Waals surface area contributed by atoms with Gasteiger partial charge in [-0.15, -0.1) is 0 Å². The zero-order chi connectivity index (χ0) is 23.7. The minimum Gasteiger partial charge on any atom is -0.366 e. The van der Waals surface area contributed by atoms with Gasteiger partial charge in [0, 0.05) is 34.6 Å². The second-order valence-electron chi connectivity index (χ2n) is 7.56. The van der Waals surface area contributed by atoms with Gasteiger partial charge in [-0.1, -0.05) is 29.8 Å². The van der Waals surface area contributed by atoms with E-state index < -0.39 is 11.7 Å². The van der Waals surface area contributed by atoms with Crippen molar-refractivity contribution < 1.29 is 9.18 Å². The first-order chi connectivity index (χ1) is 16.5. The lowest BCUT2D eigenvalue weighted by Crippen LogP contribution is -2.10. The van der Waals surface area contributed by atoms with Crippen LogP contribution in [-0.4, -0.2) is 20.9 Å². The minimum atomic E-state index is -0.497.